The van der Waals surface area contributed by atoms with E-state index in [0.717, 1.165) is 36.1 Å². The van der Waals surface area contributed by atoms with Gasteiger partial charge in [0, 0.05) is 10.4 Å². The fourth-order valence-electron chi connectivity index (χ4n) is 3.99. The second-order valence-corrected chi connectivity index (χ2v) is 9.86. The largest absolute Gasteiger partial charge is 0.481 e. The molecule has 4 rings (SSSR count). The Bertz CT molecular complexity index is 1270. The quantitative estimate of drug-likeness (QED) is 0.345. The lowest BCUT2D eigenvalue weighted by Gasteiger charge is -2.15. The SMILES string of the molecule is CCOC(=O)c1c(NC(=O)c2ccc(O[C@H](C)C(=O)Nc3ccccc3Cl)cc2)sc2c1CCCC2. The van der Waals surface area contributed by atoms with Gasteiger partial charge in [-0.1, -0.05) is 23.7 Å². The van der Waals surface area contributed by atoms with Gasteiger partial charge in [-0.15, -0.1) is 11.3 Å². The van der Waals surface area contributed by atoms with E-state index in [2.05, 4.69) is 10.6 Å². The van der Waals surface area contributed by atoms with Gasteiger partial charge in [0.1, 0.15) is 10.8 Å². The molecule has 188 valence electrons. The third-order valence-corrected chi connectivity index (χ3v) is 7.35. The van der Waals surface area contributed by atoms with Crippen LogP contribution in [0.15, 0.2) is 48.5 Å². The van der Waals surface area contributed by atoms with Crippen molar-refractivity contribution in [1.29, 1.82) is 0 Å². The molecule has 0 radical (unpaired) electrons. The Morgan fingerprint density at radius 2 is 1.75 bits per heavy atom. The second kappa shape index (κ2) is 11.6. The lowest BCUT2D eigenvalue weighted by atomic mass is 9.95. The first-order chi connectivity index (χ1) is 17.4. The fraction of sp³-hybridized carbons (Fsp3) is 0.296. The number of hydrogen-bond acceptors (Lipinski definition) is 6. The van der Waals surface area contributed by atoms with E-state index < -0.39 is 12.1 Å². The van der Waals surface area contributed by atoms with E-state index in [4.69, 9.17) is 21.1 Å². The molecule has 3 aromatic rings. The Morgan fingerprint density at radius 3 is 2.47 bits per heavy atom. The zero-order valence-corrected chi connectivity index (χ0v) is 21.6. The highest BCUT2D eigenvalue weighted by molar-refractivity contribution is 7.17. The predicted molar refractivity (Wildman–Crippen MR) is 141 cm³/mol. The topological polar surface area (TPSA) is 93.7 Å². The summed E-state index contributed by atoms with van der Waals surface area (Å²) < 4.78 is 11.0. The number of carbonyl (C=O) groups excluding carboxylic acids is 3. The van der Waals surface area contributed by atoms with Crippen LogP contribution in [0.3, 0.4) is 0 Å². The molecular weight excluding hydrogens is 500 g/mol. The first-order valence-corrected chi connectivity index (χ1v) is 13.0. The summed E-state index contributed by atoms with van der Waals surface area (Å²) in [5.41, 5.74) is 2.37. The number of nitrogens with one attached hydrogen (secondary N) is 2. The third kappa shape index (κ3) is 5.88. The minimum atomic E-state index is -0.787. The van der Waals surface area contributed by atoms with Crippen LogP contribution >= 0.6 is 22.9 Å². The molecule has 36 heavy (non-hydrogen) atoms. The number of anilines is 2. The zero-order valence-electron chi connectivity index (χ0n) is 20.1. The van der Waals surface area contributed by atoms with Crippen molar-refractivity contribution >= 4 is 51.4 Å². The number of ether oxygens (including phenoxy) is 2. The Kier molecular flexibility index (Phi) is 8.28. The van der Waals surface area contributed by atoms with Crippen molar-refractivity contribution < 1.29 is 23.9 Å². The summed E-state index contributed by atoms with van der Waals surface area (Å²) in [6, 6.07) is 13.4. The van der Waals surface area contributed by atoms with Crippen LogP contribution in [0.2, 0.25) is 5.02 Å². The van der Waals surface area contributed by atoms with Crippen molar-refractivity contribution in [3.05, 3.63) is 75.1 Å². The normalized spacial score (nSPS) is 13.3. The van der Waals surface area contributed by atoms with Gasteiger partial charge in [-0.05, 0) is 81.5 Å². The van der Waals surface area contributed by atoms with E-state index in [0.29, 0.717) is 32.6 Å². The highest BCUT2D eigenvalue weighted by atomic mass is 35.5. The van der Waals surface area contributed by atoms with Gasteiger partial charge < -0.3 is 20.1 Å². The Morgan fingerprint density at radius 1 is 1.03 bits per heavy atom. The maximum absolute atomic E-state index is 13.0. The number of halogens is 1. The molecule has 1 atom stereocenters. The highest BCUT2D eigenvalue weighted by Crippen LogP contribution is 2.39. The molecule has 9 heteroatoms. The average Bonchev–Trinajstić information content (AvgIpc) is 3.23. The first kappa shape index (κ1) is 25.7. The Balaban J connectivity index is 1.42. The summed E-state index contributed by atoms with van der Waals surface area (Å²) in [6.07, 6.45) is 3.01. The fourth-order valence-corrected chi connectivity index (χ4v) is 5.44. The molecule has 0 fully saturated rings. The standard InChI is InChI=1S/C27H27ClN2O5S/c1-3-34-27(33)23-19-8-4-7-11-22(19)36-26(23)30-25(32)17-12-14-18(15-13-17)35-16(2)24(31)29-21-10-6-5-9-20(21)28/h5-6,9-10,12-16H,3-4,7-8,11H2,1-2H3,(H,29,31)(H,30,32)/t16-/m1/s1. The van der Waals surface area contributed by atoms with Crippen molar-refractivity contribution in [2.24, 2.45) is 0 Å². The van der Waals surface area contributed by atoms with E-state index in [9.17, 15) is 14.4 Å². The number of esters is 1. The molecule has 0 unspecified atom stereocenters. The maximum Gasteiger partial charge on any atom is 0.341 e. The van der Waals surface area contributed by atoms with Crippen LogP contribution in [0.4, 0.5) is 10.7 Å². The molecule has 2 N–H and O–H groups in total. The van der Waals surface area contributed by atoms with Crippen molar-refractivity contribution in [1.82, 2.24) is 0 Å². The summed E-state index contributed by atoms with van der Waals surface area (Å²) in [4.78, 5) is 39.2. The van der Waals surface area contributed by atoms with Crippen LogP contribution in [0.25, 0.3) is 0 Å². The lowest BCUT2D eigenvalue weighted by molar-refractivity contribution is -0.122. The van der Waals surface area contributed by atoms with E-state index in [1.165, 1.54) is 11.3 Å². The number of amides is 2. The smallest absolute Gasteiger partial charge is 0.341 e. The number of para-hydroxylation sites is 1. The minimum absolute atomic E-state index is 0.271. The van der Waals surface area contributed by atoms with Gasteiger partial charge in [-0.25, -0.2) is 4.79 Å². The average molecular weight is 527 g/mol. The number of fused-ring (bicyclic) bond motifs is 1. The van der Waals surface area contributed by atoms with Crippen molar-refractivity contribution in [2.45, 2.75) is 45.6 Å². The van der Waals surface area contributed by atoms with Gasteiger partial charge in [0.25, 0.3) is 11.8 Å². The molecule has 1 aromatic heterocycles. The van der Waals surface area contributed by atoms with E-state index in [1.54, 1.807) is 62.4 Å². The van der Waals surface area contributed by atoms with Gasteiger partial charge >= 0.3 is 5.97 Å². The molecule has 0 bridgehead atoms. The van der Waals surface area contributed by atoms with Crippen LogP contribution in [0, 0.1) is 0 Å². The van der Waals surface area contributed by atoms with Crippen LogP contribution in [-0.2, 0) is 22.4 Å². The van der Waals surface area contributed by atoms with Gasteiger partial charge in [0.05, 0.1) is 22.9 Å². The van der Waals surface area contributed by atoms with E-state index >= 15 is 0 Å². The molecule has 0 spiro atoms. The van der Waals surface area contributed by atoms with Crippen LogP contribution in [-0.4, -0.2) is 30.5 Å². The Hall–Kier alpha value is -3.36. The van der Waals surface area contributed by atoms with Crippen LogP contribution in [0.1, 0.15) is 57.8 Å². The van der Waals surface area contributed by atoms with Crippen molar-refractivity contribution in [3.8, 4) is 5.75 Å². The number of thiophene rings is 1. The molecule has 0 saturated heterocycles. The van der Waals surface area contributed by atoms with Gasteiger partial charge in [0.2, 0.25) is 0 Å². The zero-order chi connectivity index (χ0) is 25.7. The Labute approximate surface area is 218 Å². The highest BCUT2D eigenvalue weighted by Gasteiger charge is 2.27. The molecule has 1 aliphatic rings. The minimum Gasteiger partial charge on any atom is -0.481 e. The summed E-state index contributed by atoms with van der Waals surface area (Å²) >= 11 is 7.54. The monoisotopic (exact) mass is 526 g/mol. The molecule has 0 saturated carbocycles. The van der Waals surface area contributed by atoms with Gasteiger partial charge in [-0.2, -0.15) is 0 Å². The number of rotatable bonds is 8. The number of hydrogen-bond donors (Lipinski definition) is 2. The van der Waals surface area contributed by atoms with Gasteiger partial charge in [-0.3, -0.25) is 9.59 Å². The summed E-state index contributed by atoms with van der Waals surface area (Å²) in [7, 11) is 0. The molecule has 1 aliphatic carbocycles. The molecule has 7 nitrogen and oxygen atoms in total. The number of carbonyl (C=O) groups is 3. The molecule has 2 aromatic carbocycles. The molecule has 0 aliphatic heterocycles. The first-order valence-electron chi connectivity index (χ1n) is 11.8. The van der Waals surface area contributed by atoms with Gasteiger partial charge in [0.15, 0.2) is 6.10 Å². The van der Waals surface area contributed by atoms with Crippen molar-refractivity contribution in [3.63, 3.8) is 0 Å². The number of aryl methyl sites for hydroxylation is 1. The maximum atomic E-state index is 13.0. The number of benzene rings is 2. The predicted octanol–water partition coefficient (Wildman–Crippen LogP) is 6.12. The van der Waals surface area contributed by atoms with Crippen molar-refractivity contribution in [2.75, 3.05) is 17.2 Å². The lowest BCUT2D eigenvalue weighted by Crippen LogP contribution is -2.30. The molecule has 2 amide bonds. The molecule has 1 heterocycles. The summed E-state index contributed by atoms with van der Waals surface area (Å²) in [5.74, 6) is -0.652. The van der Waals surface area contributed by atoms with E-state index in [1.807, 2.05) is 0 Å². The molecular formula is C27H27ClN2O5S. The second-order valence-electron chi connectivity index (χ2n) is 8.34. The van der Waals surface area contributed by atoms with E-state index in [-0.39, 0.29) is 18.4 Å². The summed E-state index contributed by atoms with van der Waals surface area (Å²) in [6.45, 7) is 3.66. The third-order valence-electron chi connectivity index (χ3n) is 5.81. The summed E-state index contributed by atoms with van der Waals surface area (Å²) in [5, 5.41) is 6.59. The van der Waals surface area contributed by atoms with Crippen LogP contribution < -0.4 is 15.4 Å². The van der Waals surface area contributed by atoms with Crippen LogP contribution in [0.5, 0.6) is 5.75 Å².